The highest BCUT2D eigenvalue weighted by Gasteiger charge is 2.56. The molecule has 0 radical (unpaired) electrons. The monoisotopic (exact) mass is 168 g/mol. The lowest BCUT2D eigenvalue weighted by Gasteiger charge is -2.43. The third kappa shape index (κ3) is 0.882. The second-order valence-electron chi connectivity index (χ2n) is 5.44. The van der Waals surface area contributed by atoms with Gasteiger partial charge in [-0.15, -0.1) is 0 Å². The maximum atomic E-state index is 6.18. The Morgan fingerprint density at radius 2 is 2.08 bits per heavy atom. The molecule has 2 rings (SSSR count). The standard InChI is InChI=1S/C10H20N2/c1-9(2,3)10-5-4-7(12-10)6-8(10)11/h7-8,12H,4-6,11H2,1-3H3/t7-,8-,10-/m1/s1. The second kappa shape index (κ2) is 2.24. The number of hydrogen-bond acceptors (Lipinski definition) is 2. The summed E-state index contributed by atoms with van der Waals surface area (Å²) in [4.78, 5) is 0. The maximum Gasteiger partial charge on any atom is 0.0385 e. The minimum atomic E-state index is 0.234. The Morgan fingerprint density at radius 1 is 1.42 bits per heavy atom. The largest absolute Gasteiger partial charge is 0.326 e. The lowest BCUT2D eigenvalue weighted by Crippen LogP contribution is -2.58. The molecule has 0 spiro atoms. The Kier molecular flexibility index (Phi) is 1.59. The highest BCUT2D eigenvalue weighted by molar-refractivity contribution is 5.16. The highest BCUT2D eigenvalue weighted by Crippen LogP contribution is 2.47. The van der Waals surface area contributed by atoms with E-state index in [2.05, 4.69) is 26.1 Å². The van der Waals surface area contributed by atoms with Crippen molar-refractivity contribution in [3.63, 3.8) is 0 Å². The summed E-state index contributed by atoms with van der Waals surface area (Å²) in [6.07, 6.45) is 3.77. The van der Waals surface area contributed by atoms with Crippen LogP contribution >= 0.6 is 0 Å². The first-order chi connectivity index (χ1) is 5.46. The Labute approximate surface area is 74.9 Å². The normalized spacial score (nSPS) is 47.0. The van der Waals surface area contributed by atoms with Gasteiger partial charge in [-0.3, -0.25) is 0 Å². The molecule has 0 aromatic heterocycles. The predicted octanol–water partition coefficient (Wildman–Crippen LogP) is 1.25. The zero-order valence-electron chi connectivity index (χ0n) is 8.35. The zero-order chi connectivity index (χ0) is 8.98. The second-order valence-corrected chi connectivity index (χ2v) is 5.44. The molecule has 0 amide bonds. The minimum Gasteiger partial charge on any atom is -0.326 e. The molecular formula is C10H20N2. The summed E-state index contributed by atoms with van der Waals surface area (Å²) in [5.41, 5.74) is 6.72. The van der Waals surface area contributed by atoms with E-state index in [1.807, 2.05) is 0 Å². The molecule has 2 heterocycles. The molecule has 0 aromatic carbocycles. The first kappa shape index (κ1) is 8.52. The molecule has 2 heteroatoms. The molecule has 0 aromatic rings. The van der Waals surface area contributed by atoms with Crippen molar-refractivity contribution < 1.29 is 0 Å². The van der Waals surface area contributed by atoms with Crippen LogP contribution in [0.3, 0.4) is 0 Å². The van der Waals surface area contributed by atoms with Crippen LogP contribution in [0.25, 0.3) is 0 Å². The molecule has 2 fully saturated rings. The van der Waals surface area contributed by atoms with Crippen LogP contribution in [0.4, 0.5) is 0 Å². The third-order valence-corrected chi connectivity index (χ3v) is 3.86. The van der Waals surface area contributed by atoms with Gasteiger partial charge in [0.2, 0.25) is 0 Å². The summed E-state index contributed by atoms with van der Waals surface area (Å²) in [6.45, 7) is 6.90. The van der Waals surface area contributed by atoms with E-state index >= 15 is 0 Å². The van der Waals surface area contributed by atoms with Crippen molar-refractivity contribution in [1.82, 2.24) is 5.32 Å². The number of rotatable bonds is 0. The molecule has 2 aliphatic rings. The van der Waals surface area contributed by atoms with E-state index in [4.69, 9.17) is 5.73 Å². The minimum absolute atomic E-state index is 0.234. The molecule has 0 aliphatic carbocycles. The van der Waals surface area contributed by atoms with E-state index in [1.54, 1.807) is 0 Å². The zero-order valence-corrected chi connectivity index (χ0v) is 8.35. The summed E-state index contributed by atoms with van der Waals surface area (Å²) >= 11 is 0. The van der Waals surface area contributed by atoms with Crippen LogP contribution in [0.15, 0.2) is 0 Å². The summed E-state index contributed by atoms with van der Waals surface area (Å²) in [5.74, 6) is 0. The lowest BCUT2D eigenvalue weighted by molar-refractivity contribution is 0.146. The van der Waals surface area contributed by atoms with Gasteiger partial charge in [0.25, 0.3) is 0 Å². The third-order valence-electron chi connectivity index (χ3n) is 3.86. The molecule has 12 heavy (non-hydrogen) atoms. The van der Waals surface area contributed by atoms with Gasteiger partial charge in [0.05, 0.1) is 0 Å². The van der Waals surface area contributed by atoms with Gasteiger partial charge in [-0.25, -0.2) is 0 Å². The molecule has 2 saturated heterocycles. The SMILES string of the molecule is CC(C)(C)[C@@]12CC[C@H](C[C@H]1N)N2. The van der Waals surface area contributed by atoms with Crippen LogP contribution in [0.5, 0.6) is 0 Å². The van der Waals surface area contributed by atoms with E-state index < -0.39 is 0 Å². The predicted molar refractivity (Wildman–Crippen MR) is 50.9 cm³/mol. The van der Waals surface area contributed by atoms with Crippen molar-refractivity contribution in [3.8, 4) is 0 Å². The Balaban J connectivity index is 2.30. The van der Waals surface area contributed by atoms with Gasteiger partial charge in [0, 0.05) is 17.6 Å². The van der Waals surface area contributed by atoms with Gasteiger partial charge in [0.15, 0.2) is 0 Å². The smallest absolute Gasteiger partial charge is 0.0385 e. The van der Waals surface area contributed by atoms with Gasteiger partial charge in [-0.2, -0.15) is 0 Å². The van der Waals surface area contributed by atoms with Crippen LogP contribution in [0.2, 0.25) is 0 Å². The van der Waals surface area contributed by atoms with Crippen molar-refractivity contribution in [2.24, 2.45) is 11.1 Å². The fourth-order valence-electron chi connectivity index (χ4n) is 3.04. The first-order valence-electron chi connectivity index (χ1n) is 4.99. The topological polar surface area (TPSA) is 38.0 Å². The molecule has 2 bridgehead atoms. The van der Waals surface area contributed by atoms with E-state index in [0.29, 0.717) is 17.5 Å². The Morgan fingerprint density at radius 3 is 2.33 bits per heavy atom. The van der Waals surface area contributed by atoms with Crippen LogP contribution in [0.1, 0.15) is 40.0 Å². The van der Waals surface area contributed by atoms with Gasteiger partial charge >= 0.3 is 0 Å². The highest BCUT2D eigenvalue weighted by atomic mass is 15.1. The molecule has 0 unspecified atom stereocenters. The first-order valence-corrected chi connectivity index (χ1v) is 4.99. The Hall–Kier alpha value is -0.0800. The summed E-state index contributed by atoms with van der Waals surface area (Å²) in [5, 5.41) is 3.71. The summed E-state index contributed by atoms with van der Waals surface area (Å²) < 4.78 is 0. The van der Waals surface area contributed by atoms with Crippen molar-refractivity contribution in [3.05, 3.63) is 0 Å². The van der Waals surface area contributed by atoms with Crippen LogP contribution < -0.4 is 11.1 Å². The summed E-state index contributed by atoms with van der Waals surface area (Å²) in [6, 6.07) is 1.08. The van der Waals surface area contributed by atoms with Crippen molar-refractivity contribution in [2.45, 2.75) is 57.7 Å². The molecule has 3 atom stereocenters. The molecule has 70 valence electrons. The average molecular weight is 168 g/mol. The van der Waals surface area contributed by atoms with Gasteiger partial charge in [-0.05, 0) is 24.7 Å². The van der Waals surface area contributed by atoms with Gasteiger partial charge in [0.1, 0.15) is 0 Å². The van der Waals surface area contributed by atoms with Crippen LogP contribution in [-0.4, -0.2) is 17.6 Å². The lowest BCUT2D eigenvalue weighted by atomic mass is 9.67. The molecular weight excluding hydrogens is 148 g/mol. The van der Waals surface area contributed by atoms with Crippen LogP contribution in [0, 0.1) is 5.41 Å². The number of hydrogen-bond donors (Lipinski definition) is 2. The van der Waals surface area contributed by atoms with Crippen molar-refractivity contribution in [2.75, 3.05) is 0 Å². The fourth-order valence-corrected chi connectivity index (χ4v) is 3.04. The van der Waals surface area contributed by atoms with Gasteiger partial charge in [-0.1, -0.05) is 20.8 Å². The van der Waals surface area contributed by atoms with Crippen molar-refractivity contribution >= 4 is 0 Å². The average Bonchev–Trinajstić information content (AvgIpc) is 2.41. The van der Waals surface area contributed by atoms with E-state index in [0.717, 1.165) is 0 Å². The number of nitrogens with one attached hydrogen (secondary N) is 1. The van der Waals surface area contributed by atoms with Crippen LogP contribution in [-0.2, 0) is 0 Å². The molecule has 3 N–H and O–H groups in total. The molecule has 2 aliphatic heterocycles. The van der Waals surface area contributed by atoms with Crippen molar-refractivity contribution in [1.29, 1.82) is 0 Å². The maximum absolute atomic E-state index is 6.18. The number of nitrogens with two attached hydrogens (primary N) is 1. The van der Waals surface area contributed by atoms with E-state index in [1.165, 1.54) is 19.3 Å². The quantitative estimate of drug-likeness (QED) is 0.571. The van der Waals surface area contributed by atoms with E-state index in [-0.39, 0.29) is 5.54 Å². The van der Waals surface area contributed by atoms with E-state index in [9.17, 15) is 0 Å². The Bertz CT molecular complexity index is 195. The van der Waals surface area contributed by atoms with Gasteiger partial charge < -0.3 is 11.1 Å². The number of fused-ring (bicyclic) bond motifs is 2. The molecule has 2 nitrogen and oxygen atoms in total. The summed E-state index contributed by atoms with van der Waals surface area (Å²) in [7, 11) is 0. The molecule has 0 saturated carbocycles. The fraction of sp³-hybridized carbons (Fsp3) is 1.00.